The van der Waals surface area contributed by atoms with E-state index in [4.69, 9.17) is 4.98 Å². The van der Waals surface area contributed by atoms with Crippen LogP contribution in [0, 0.1) is 0 Å². The van der Waals surface area contributed by atoms with Gasteiger partial charge in [-0.15, -0.1) is 0 Å². The largest absolute Gasteiger partial charge is 0.427 e. The fourth-order valence-electron chi connectivity index (χ4n) is 3.71. The highest BCUT2D eigenvalue weighted by Gasteiger charge is 2.16. The average molecular weight is 412 g/mol. The molecule has 31 heavy (non-hydrogen) atoms. The summed E-state index contributed by atoms with van der Waals surface area (Å²) in [5.74, 6) is 1.20. The van der Waals surface area contributed by atoms with Crippen LogP contribution in [0.5, 0.6) is 0 Å². The summed E-state index contributed by atoms with van der Waals surface area (Å²) in [6.07, 6.45) is 4.63. The Morgan fingerprint density at radius 2 is 1.74 bits per heavy atom. The number of hydrogen-bond donors (Lipinski definition) is 2. The summed E-state index contributed by atoms with van der Waals surface area (Å²) >= 11 is 0. The van der Waals surface area contributed by atoms with Crippen molar-refractivity contribution in [3.05, 3.63) is 83.2 Å². The normalized spacial score (nSPS) is 11.5. The van der Waals surface area contributed by atoms with E-state index in [1.165, 1.54) is 12.4 Å². The van der Waals surface area contributed by atoms with Crippen LogP contribution in [-0.4, -0.2) is 34.4 Å². The number of nitrogens with one attached hydrogen (secondary N) is 1. The molecule has 0 aliphatic heterocycles. The third-order valence-corrected chi connectivity index (χ3v) is 5.25. The predicted molar refractivity (Wildman–Crippen MR) is 117 cm³/mol. The number of hydrogen-bond acceptors (Lipinski definition) is 5. The Bertz CT molecular complexity index is 1440. The topological polar surface area (TPSA) is 102 Å². The van der Waals surface area contributed by atoms with Gasteiger partial charge in [0.25, 0.3) is 0 Å². The van der Waals surface area contributed by atoms with E-state index in [1.54, 1.807) is 10.8 Å². The minimum Gasteiger partial charge on any atom is -0.427 e. The van der Waals surface area contributed by atoms with Crippen LogP contribution in [0.25, 0.3) is 39.6 Å². The Labute approximate surface area is 177 Å². The SMILES string of the molecule is CC(C)c1ccccc1-n1c(=O)[nH]c2cnc(-c3ccc(-c4nccn4O)cc3)nc21. The maximum atomic E-state index is 12.8. The first-order valence-electron chi connectivity index (χ1n) is 9.93. The quantitative estimate of drug-likeness (QED) is 0.435. The number of aromatic amines is 1. The maximum Gasteiger partial charge on any atom is 0.332 e. The maximum absolute atomic E-state index is 12.8. The lowest BCUT2D eigenvalue weighted by molar-refractivity contribution is 0.191. The van der Waals surface area contributed by atoms with E-state index < -0.39 is 0 Å². The van der Waals surface area contributed by atoms with E-state index in [9.17, 15) is 10.0 Å². The molecule has 0 radical (unpaired) electrons. The van der Waals surface area contributed by atoms with Crippen LogP contribution >= 0.6 is 0 Å². The monoisotopic (exact) mass is 412 g/mol. The van der Waals surface area contributed by atoms with Gasteiger partial charge in [-0.2, -0.15) is 4.73 Å². The van der Waals surface area contributed by atoms with Gasteiger partial charge in [0.2, 0.25) is 0 Å². The molecule has 0 bridgehead atoms. The van der Waals surface area contributed by atoms with Crippen molar-refractivity contribution in [1.29, 1.82) is 0 Å². The van der Waals surface area contributed by atoms with E-state index in [0.717, 1.165) is 27.1 Å². The summed E-state index contributed by atoms with van der Waals surface area (Å²) in [5.41, 5.74) is 4.28. The van der Waals surface area contributed by atoms with Crippen LogP contribution < -0.4 is 5.69 Å². The van der Waals surface area contributed by atoms with Crippen molar-refractivity contribution in [2.75, 3.05) is 0 Å². The standard InChI is InChI=1S/C23H20N6O2/c1-14(2)17-5-3-4-6-19(17)29-22-18(26-23(29)30)13-25-20(27-22)15-7-9-16(10-8-15)21-24-11-12-28(21)31/h3-14,31H,1-2H3,(H,26,30). The number of aromatic nitrogens is 6. The van der Waals surface area contributed by atoms with Gasteiger partial charge in [0.15, 0.2) is 17.3 Å². The molecule has 8 heteroatoms. The van der Waals surface area contributed by atoms with Crippen LogP contribution in [0.3, 0.4) is 0 Å². The Hall–Kier alpha value is -4.20. The van der Waals surface area contributed by atoms with Crippen molar-refractivity contribution in [3.63, 3.8) is 0 Å². The molecular formula is C23H20N6O2. The number of nitrogens with zero attached hydrogens (tertiary/aromatic N) is 5. The summed E-state index contributed by atoms with van der Waals surface area (Å²) in [6, 6.07) is 15.3. The van der Waals surface area contributed by atoms with Crippen molar-refractivity contribution >= 4 is 11.2 Å². The molecule has 5 aromatic rings. The number of fused-ring (bicyclic) bond motifs is 1. The highest BCUT2D eigenvalue weighted by Crippen LogP contribution is 2.26. The number of benzene rings is 2. The van der Waals surface area contributed by atoms with Gasteiger partial charge in [-0.25, -0.2) is 24.3 Å². The molecule has 0 spiro atoms. The summed E-state index contributed by atoms with van der Waals surface area (Å²) in [4.78, 5) is 28.9. The molecule has 0 saturated carbocycles. The second-order valence-electron chi connectivity index (χ2n) is 7.58. The smallest absolute Gasteiger partial charge is 0.332 e. The average Bonchev–Trinajstić information content (AvgIpc) is 3.35. The molecule has 3 aromatic heterocycles. The zero-order valence-electron chi connectivity index (χ0n) is 17.0. The first-order chi connectivity index (χ1) is 15.0. The minimum atomic E-state index is -0.250. The van der Waals surface area contributed by atoms with Crippen LogP contribution in [0.4, 0.5) is 0 Å². The lowest BCUT2D eigenvalue weighted by Gasteiger charge is -2.13. The molecule has 5 rings (SSSR count). The van der Waals surface area contributed by atoms with Crippen LogP contribution in [0.1, 0.15) is 25.3 Å². The van der Waals surface area contributed by atoms with Crippen molar-refractivity contribution in [3.8, 4) is 28.5 Å². The first kappa shape index (κ1) is 18.8. The van der Waals surface area contributed by atoms with Gasteiger partial charge in [0.1, 0.15) is 5.52 Å². The van der Waals surface area contributed by atoms with Gasteiger partial charge >= 0.3 is 5.69 Å². The summed E-state index contributed by atoms with van der Waals surface area (Å²) < 4.78 is 2.58. The molecular weight excluding hydrogens is 392 g/mol. The van der Waals surface area contributed by atoms with Crippen LogP contribution in [0.2, 0.25) is 0 Å². The second-order valence-corrected chi connectivity index (χ2v) is 7.58. The van der Waals surface area contributed by atoms with Gasteiger partial charge in [-0.1, -0.05) is 56.3 Å². The Morgan fingerprint density at radius 1 is 1.00 bits per heavy atom. The van der Waals surface area contributed by atoms with Gasteiger partial charge in [-0.05, 0) is 17.5 Å². The molecule has 154 valence electrons. The predicted octanol–water partition coefficient (Wildman–Crippen LogP) is 4.00. The number of rotatable bonds is 4. The molecule has 0 fully saturated rings. The molecule has 2 aromatic carbocycles. The zero-order valence-corrected chi connectivity index (χ0v) is 17.0. The van der Waals surface area contributed by atoms with Crippen molar-refractivity contribution < 1.29 is 5.21 Å². The number of imidazole rings is 2. The van der Waals surface area contributed by atoms with Crippen molar-refractivity contribution in [2.24, 2.45) is 0 Å². The van der Waals surface area contributed by atoms with Crippen LogP contribution in [-0.2, 0) is 0 Å². The Morgan fingerprint density at radius 3 is 2.45 bits per heavy atom. The second kappa shape index (κ2) is 7.24. The molecule has 3 heterocycles. The third kappa shape index (κ3) is 3.18. The molecule has 2 N–H and O–H groups in total. The lowest BCUT2D eigenvalue weighted by Crippen LogP contribution is -2.17. The molecule has 0 unspecified atom stereocenters. The van der Waals surface area contributed by atoms with Gasteiger partial charge in [0.05, 0.1) is 18.1 Å². The lowest BCUT2D eigenvalue weighted by atomic mass is 10.0. The van der Waals surface area contributed by atoms with Crippen LogP contribution in [0.15, 0.2) is 71.9 Å². The van der Waals surface area contributed by atoms with E-state index in [1.807, 2.05) is 48.5 Å². The third-order valence-electron chi connectivity index (χ3n) is 5.25. The molecule has 0 aliphatic carbocycles. The summed E-state index contributed by atoms with van der Waals surface area (Å²) in [7, 11) is 0. The summed E-state index contributed by atoms with van der Waals surface area (Å²) in [5, 5.41) is 9.80. The van der Waals surface area contributed by atoms with E-state index in [-0.39, 0.29) is 11.6 Å². The summed E-state index contributed by atoms with van der Waals surface area (Å²) in [6.45, 7) is 4.19. The van der Waals surface area contributed by atoms with Crippen molar-refractivity contribution in [1.82, 2.24) is 29.2 Å². The van der Waals surface area contributed by atoms with Gasteiger partial charge in [-0.3, -0.25) is 0 Å². The minimum absolute atomic E-state index is 0.250. The van der Waals surface area contributed by atoms with E-state index in [0.29, 0.717) is 22.8 Å². The molecule has 0 atom stereocenters. The highest BCUT2D eigenvalue weighted by atomic mass is 16.5. The molecule has 0 amide bonds. The van der Waals surface area contributed by atoms with E-state index in [2.05, 4.69) is 28.8 Å². The number of H-pyrrole nitrogens is 1. The first-order valence-corrected chi connectivity index (χ1v) is 9.93. The molecule has 8 nitrogen and oxygen atoms in total. The Kier molecular flexibility index (Phi) is 4.39. The molecule has 0 saturated heterocycles. The fraction of sp³-hybridized carbons (Fsp3) is 0.130. The van der Waals surface area contributed by atoms with Gasteiger partial charge < -0.3 is 10.2 Å². The number of para-hydroxylation sites is 1. The van der Waals surface area contributed by atoms with E-state index >= 15 is 0 Å². The van der Waals surface area contributed by atoms with Crippen molar-refractivity contribution in [2.45, 2.75) is 19.8 Å². The fourth-order valence-corrected chi connectivity index (χ4v) is 3.71. The van der Waals surface area contributed by atoms with Gasteiger partial charge in [0, 0.05) is 17.3 Å². The Balaban J connectivity index is 1.62. The zero-order chi connectivity index (χ0) is 21.5. The highest BCUT2D eigenvalue weighted by molar-refractivity contribution is 5.75. The molecule has 0 aliphatic rings.